The number of likely N-dealkylation sites (tertiary alicyclic amines) is 2. The third-order valence-corrected chi connectivity index (χ3v) is 6.81. The van der Waals surface area contributed by atoms with E-state index in [1.165, 1.54) is 12.8 Å². The summed E-state index contributed by atoms with van der Waals surface area (Å²) in [6, 6.07) is 3.27. The first-order chi connectivity index (χ1) is 14.1. The molecule has 2 aliphatic heterocycles. The summed E-state index contributed by atoms with van der Waals surface area (Å²) in [5.41, 5.74) is 0.281. The summed E-state index contributed by atoms with van der Waals surface area (Å²) in [6.07, 6.45) is 3.68. The third kappa shape index (κ3) is 4.35. The van der Waals surface area contributed by atoms with Gasteiger partial charge in [0.05, 0.1) is 0 Å². The maximum absolute atomic E-state index is 13.3. The zero-order valence-corrected chi connectivity index (χ0v) is 19.8. The number of aryl methyl sites for hydroxylation is 1. The van der Waals surface area contributed by atoms with E-state index in [0.717, 1.165) is 31.6 Å². The van der Waals surface area contributed by atoms with Crippen LogP contribution in [-0.2, 0) is 9.53 Å². The molecule has 4 rings (SSSR count). The van der Waals surface area contributed by atoms with Gasteiger partial charge in [-0.1, -0.05) is 6.07 Å². The average Bonchev–Trinajstić information content (AvgIpc) is 2.99. The Morgan fingerprint density at radius 2 is 1.97 bits per heavy atom. The van der Waals surface area contributed by atoms with Crippen LogP contribution < -0.4 is 5.32 Å². The Labute approximate surface area is 186 Å². The van der Waals surface area contributed by atoms with Gasteiger partial charge in [0.1, 0.15) is 22.1 Å². The number of rotatable bonds is 4. The normalized spacial score (nSPS) is 28.4. The highest BCUT2D eigenvalue weighted by Gasteiger charge is 2.68. The number of aromatic nitrogens is 1. The number of hydrogen-bond acceptors (Lipinski definition) is 5. The van der Waals surface area contributed by atoms with Crippen molar-refractivity contribution >= 4 is 33.7 Å². The van der Waals surface area contributed by atoms with Gasteiger partial charge in [-0.05, 0) is 94.0 Å². The van der Waals surface area contributed by atoms with Crippen LogP contribution in [0.1, 0.15) is 52.0 Å². The lowest BCUT2D eigenvalue weighted by Gasteiger charge is -2.29. The van der Waals surface area contributed by atoms with E-state index in [0.29, 0.717) is 16.8 Å². The Morgan fingerprint density at radius 3 is 2.63 bits per heavy atom. The van der Waals surface area contributed by atoms with E-state index in [1.54, 1.807) is 4.90 Å². The largest absolute Gasteiger partial charge is 0.444 e. The summed E-state index contributed by atoms with van der Waals surface area (Å²) >= 11 is 3.36. The fourth-order valence-electron chi connectivity index (χ4n) is 4.88. The number of halogens is 1. The molecule has 0 bridgehead atoms. The van der Waals surface area contributed by atoms with Gasteiger partial charge in [0.25, 0.3) is 0 Å². The average molecular weight is 479 g/mol. The van der Waals surface area contributed by atoms with E-state index in [9.17, 15) is 9.59 Å². The molecule has 0 spiro atoms. The standard InChI is InChI=1S/C22H31BrN4O3/c1-14-7-8-17(23)24-18(14)25-19(28)15-11-22(13-26-9-5-6-10-26)12-16(22)27(15)20(29)30-21(2,3)4/h7-8,15-16H,5-6,9-13H2,1-4H3,(H,24,25,28)/t15-,16?,22?/m0/s1. The summed E-state index contributed by atoms with van der Waals surface area (Å²) in [5, 5.41) is 2.95. The monoisotopic (exact) mass is 478 g/mol. The Bertz CT molecular complexity index is 849. The van der Waals surface area contributed by atoms with Crippen molar-refractivity contribution in [2.24, 2.45) is 5.41 Å². The predicted molar refractivity (Wildman–Crippen MR) is 118 cm³/mol. The zero-order chi connectivity index (χ0) is 21.7. The molecule has 3 aliphatic rings. The van der Waals surface area contributed by atoms with Crippen LogP contribution >= 0.6 is 15.9 Å². The molecular formula is C22H31BrN4O3. The first-order valence-corrected chi connectivity index (χ1v) is 11.5. The lowest BCUT2D eigenvalue weighted by atomic mass is 9.98. The minimum Gasteiger partial charge on any atom is -0.444 e. The number of carbonyl (C=O) groups is 2. The molecule has 164 valence electrons. The molecule has 1 aliphatic carbocycles. The molecule has 1 aromatic rings. The minimum atomic E-state index is -0.602. The second kappa shape index (κ2) is 7.79. The van der Waals surface area contributed by atoms with Crippen molar-refractivity contribution < 1.29 is 14.3 Å². The zero-order valence-electron chi connectivity index (χ0n) is 18.2. The van der Waals surface area contributed by atoms with Gasteiger partial charge < -0.3 is 15.0 Å². The maximum Gasteiger partial charge on any atom is 0.411 e. The molecule has 2 amide bonds. The van der Waals surface area contributed by atoms with Crippen molar-refractivity contribution in [2.75, 3.05) is 25.0 Å². The number of carbonyl (C=O) groups excluding carboxylic acids is 2. The van der Waals surface area contributed by atoms with E-state index >= 15 is 0 Å². The van der Waals surface area contributed by atoms with Crippen LogP contribution in [0.25, 0.3) is 0 Å². The number of amides is 2. The van der Waals surface area contributed by atoms with E-state index in [-0.39, 0.29) is 17.4 Å². The summed E-state index contributed by atoms with van der Waals surface area (Å²) in [7, 11) is 0. The number of nitrogens with zero attached hydrogens (tertiary/aromatic N) is 3. The summed E-state index contributed by atoms with van der Waals surface area (Å²) < 4.78 is 6.34. The van der Waals surface area contributed by atoms with Crippen molar-refractivity contribution in [2.45, 2.75) is 71.1 Å². The quantitative estimate of drug-likeness (QED) is 0.662. The van der Waals surface area contributed by atoms with Crippen molar-refractivity contribution in [3.8, 4) is 0 Å². The number of nitrogens with one attached hydrogen (secondary N) is 1. The van der Waals surface area contributed by atoms with Gasteiger partial charge in [0.2, 0.25) is 5.91 Å². The van der Waals surface area contributed by atoms with E-state index < -0.39 is 17.7 Å². The number of piperidine rings is 1. The van der Waals surface area contributed by atoms with Crippen LogP contribution in [0.15, 0.2) is 16.7 Å². The van der Waals surface area contributed by atoms with Gasteiger partial charge in [-0.15, -0.1) is 0 Å². The molecular weight excluding hydrogens is 448 g/mol. The summed E-state index contributed by atoms with van der Waals surface area (Å²) in [4.78, 5) is 34.9. The van der Waals surface area contributed by atoms with Gasteiger partial charge in [-0.2, -0.15) is 0 Å². The lowest BCUT2D eigenvalue weighted by Crippen LogP contribution is -2.47. The molecule has 0 aromatic carbocycles. The molecule has 7 nitrogen and oxygen atoms in total. The smallest absolute Gasteiger partial charge is 0.411 e. The molecule has 30 heavy (non-hydrogen) atoms. The maximum atomic E-state index is 13.3. The SMILES string of the molecule is Cc1ccc(Br)nc1NC(=O)[C@@H]1CC2(CN3CCCC3)CC2N1C(=O)OC(C)(C)C. The molecule has 3 atom stereocenters. The molecule has 0 radical (unpaired) electrons. The van der Waals surface area contributed by atoms with Crippen LogP contribution in [0.4, 0.5) is 10.6 Å². The number of hydrogen-bond donors (Lipinski definition) is 1. The van der Waals surface area contributed by atoms with Gasteiger partial charge >= 0.3 is 6.09 Å². The third-order valence-electron chi connectivity index (χ3n) is 6.37. The van der Waals surface area contributed by atoms with Crippen molar-refractivity contribution in [1.82, 2.24) is 14.8 Å². The molecule has 3 heterocycles. The van der Waals surface area contributed by atoms with Crippen molar-refractivity contribution in [3.63, 3.8) is 0 Å². The van der Waals surface area contributed by atoms with E-state index in [4.69, 9.17) is 4.74 Å². The molecule has 2 unspecified atom stereocenters. The highest BCUT2D eigenvalue weighted by Crippen LogP contribution is 2.60. The molecule has 3 fully saturated rings. The first-order valence-electron chi connectivity index (χ1n) is 10.8. The number of ether oxygens (including phenoxy) is 1. The topological polar surface area (TPSA) is 74.8 Å². The fraction of sp³-hybridized carbons (Fsp3) is 0.682. The van der Waals surface area contributed by atoms with E-state index in [1.807, 2.05) is 39.8 Å². The molecule has 2 saturated heterocycles. The summed E-state index contributed by atoms with van der Waals surface area (Å²) in [5.74, 6) is 0.329. The van der Waals surface area contributed by atoms with Crippen LogP contribution in [0.2, 0.25) is 0 Å². The van der Waals surface area contributed by atoms with Crippen LogP contribution in [0, 0.1) is 12.3 Å². The minimum absolute atomic E-state index is 0.00297. The fourth-order valence-corrected chi connectivity index (χ4v) is 5.19. The van der Waals surface area contributed by atoms with Crippen LogP contribution in [0.5, 0.6) is 0 Å². The lowest BCUT2D eigenvalue weighted by molar-refractivity contribution is -0.121. The van der Waals surface area contributed by atoms with Crippen LogP contribution in [0.3, 0.4) is 0 Å². The Hall–Kier alpha value is -1.67. The number of fused-ring (bicyclic) bond motifs is 1. The van der Waals surface area contributed by atoms with Gasteiger partial charge in [-0.3, -0.25) is 9.69 Å². The van der Waals surface area contributed by atoms with Crippen LogP contribution in [-0.4, -0.2) is 64.1 Å². The van der Waals surface area contributed by atoms with Gasteiger partial charge in [-0.25, -0.2) is 9.78 Å². The van der Waals surface area contributed by atoms with Gasteiger partial charge in [0.15, 0.2) is 0 Å². The molecule has 8 heteroatoms. The second-order valence-electron chi connectivity index (χ2n) is 9.96. The predicted octanol–water partition coefficient (Wildman–Crippen LogP) is 3.95. The second-order valence-corrected chi connectivity index (χ2v) is 10.8. The van der Waals surface area contributed by atoms with Gasteiger partial charge in [0, 0.05) is 18.0 Å². The number of pyridine rings is 1. The van der Waals surface area contributed by atoms with Crippen molar-refractivity contribution in [1.29, 1.82) is 0 Å². The van der Waals surface area contributed by atoms with E-state index in [2.05, 4.69) is 31.1 Å². The first kappa shape index (κ1) is 21.6. The highest BCUT2D eigenvalue weighted by atomic mass is 79.9. The molecule has 1 N–H and O–H groups in total. The Morgan fingerprint density at radius 1 is 1.27 bits per heavy atom. The molecule has 1 aromatic heterocycles. The highest BCUT2D eigenvalue weighted by molar-refractivity contribution is 9.10. The Balaban J connectivity index is 1.54. The molecule has 1 saturated carbocycles. The summed E-state index contributed by atoms with van der Waals surface area (Å²) in [6.45, 7) is 10.6. The van der Waals surface area contributed by atoms with Crippen molar-refractivity contribution in [3.05, 3.63) is 22.3 Å². The Kier molecular flexibility index (Phi) is 5.60. The number of anilines is 1.